The van der Waals surface area contributed by atoms with Crippen LogP contribution >= 0.6 is 15.6 Å². The first kappa shape index (κ1) is 91.5. The Morgan fingerprint density at radius 3 is 0.872 bits per heavy atom. The molecule has 17 nitrogen and oxygen atoms in total. The summed E-state index contributed by atoms with van der Waals surface area (Å²) >= 11 is 0. The summed E-state index contributed by atoms with van der Waals surface area (Å²) in [5.74, 6) is -1.35. The molecule has 0 aliphatic heterocycles. The molecule has 94 heavy (non-hydrogen) atoms. The Morgan fingerprint density at radius 1 is 0.330 bits per heavy atom. The molecule has 0 spiro atoms. The number of phosphoric ester groups is 2. The van der Waals surface area contributed by atoms with E-state index in [9.17, 15) is 43.2 Å². The normalized spacial score (nSPS) is 14.1. The molecule has 0 bridgehead atoms. The average Bonchev–Trinajstić information content (AvgIpc) is 1.46. The summed E-state index contributed by atoms with van der Waals surface area (Å²) < 4.78 is 68.3. The maximum atomic E-state index is 13.1. The zero-order valence-electron chi connectivity index (χ0n) is 60.6. The van der Waals surface area contributed by atoms with Crippen molar-refractivity contribution in [2.24, 2.45) is 5.92 Å². The number of rotatable bonds is 73. The Labute approximate surface area is 573 Å². The van der Waals surface area contributed by atoms with Gasteiger partial charge in [0, 0.05) is 25.7 Å². The maximum absolute atomic E-state index is 13.1. The molecule has 3 N–H and O–H groups in total. The van der Waals surface area contributed by atoms with E-state index in [1.54, 1.807) is 0 Å². The van der Waals surface area contributed by atoms with Crippen LogP contribution in [0.15, 0.2) is 24.3 Å². The number of unbranched alkanes of at least 4 members (excludes halogenated alkanes) is 42. The van der Waals surface area contributed by atoms with Gasteiger partial charge >= 0.3 is 39.5 Å². The molecule has 0 aromatic carbocycles. The molecule has 0 saturated heterocycles. The number of hydrogen-bond acceptors (Lipinski definition) is 15. The Morgan fingerprint density at radius 2 is 0.574 bits per heavy atom. The molecule has 0 aromatic rings. The second-order valence-electron chi connectivity index (χ2n) is 26.8. The summed E-state index contributed by atoms with van der Waals surface area (Å²) in [6.45, 7) is 7.21. The smallest absolute Gasteiger partial charge is 0.462 e. The maximum Gasteiger partial charge on any atom is 0.472 e. The van der Waals surface area contributed by atoms with Crippen LogP contribution in [0.2, 0.25) is 0 Å². The number of aliphatic hydroxyl groups is 1. The van der Waals surface area contributed by atoms with Crippen molar-refractivity contribution in [3.05, 3.63) is 24.3 Å². The number of esters is 4. The summed E-state index contributed by atoms with van der Waals surface area (Å²) in [6.07, 6.45) is 59.1. The van der Waals surface area contributed by atoms with Crippen molar-refractivity contribution in [3.63, 3.8) is 0 Å². The van der Waals surface area contributed by atoms with Crippen molar-refractivity contribution in [1.82, 2.24) is 0 Å². The lowest BCUT2D eigenvalue weighted by Crippen LogP contribution is -2.30. The minimum absolute atomic E-state index is 0.101. The Kier molecular flexibility index (Phi) is 65.9. The largest absolute Gasteiger partial charge is 0.472 e. The first-order valence-corrected chi connectivity index (χ1v) is 41.4. The number of allylic oxidation sites excluding steroid dienone is 4. The van der Waals surface area contributed by atoms with Crippen molar-refractivity contribution in [3.8, 4) is 0 Å². The van der Waals surface area contributed by atoms with Crippen LogP contribution in [-0.4, -0.2) is 96.7 Å². The van der Waals surface area contributed by atoms with E-state index < -0.39 is 97.5 Å². The monoisotopic (exact) mass is 1380 g/mol. The lowest BCUT2D eigenvalue weighted by molar-refractivity contribution is -0.161. The van der Waals surface area contributed by atoms with Gasteiger partial charge in [-0.2, -0.15) is 0 Å². The first-order chi connectivity index (χ1) is 45.5. The molecule has 554 valence electrons. The number of ether oxygens (including phenoxy) is 4. The van der Waals surface area contributed by atoms with Crippen molar-refractivity contribution >= 4 is 39.5 Å². The summed E-state index contributed by atoms with van der Waals surface area (Å²) in [6, 6.07) is 0. The molecule has 5 atom stereocenters. The molecule has 0 rings (SSSR count). The van der Waals surface area contributed by atoms with Gasteiger partial charge in [0.05, 0.1) is 26.4 Å². The second-order valence-corrected chi connectivity index (χ2v) is 29.7. The average molecular weight is 1380 g/mol. The molecule has 0 aromatic heterocycles. The van der Waals surface area contributed by atoms with Crippen molar-refractivity contribution in [1.29, 1.82) is 0 Å². The zero-order chi connectivity index (χ0) is 69.1. The molecule has 0 aliphatic rings. The van der Waals surface area contributed by atoms with Crippen LogP contribution in [0, 0.1) is 5.92 Å². The van der Waals surface area contributed by atoms with Gasteiger partial charge in [0.1, 0.15) is 19.3 Å². The van der Waals surface area contributed by atoms with Gasteiger partial charge in [-0.05, 0) is 57.3 Å². The van der Waals surface area contributed by atoms with Gasteiger partial charge in [-0.3, -0.25) is 37.3 Å². The summed E-state index contributed by atoms with van der Waals surface area (Å²) in [5.41, 5.74) is 0. The van der Waals surface area contributed by atoms with Crippen LogP contribution in [0.1, 0.15) is 369 Å². The zero-order valence-corrected chi connectivity index (χ0v) is 62.4. The van der Waals surface area contributed by atoms with Gasteiger partial charge in [-0.1, -0.05) is 316 Å². The fourth-order valence-corrected chi connectivity index (χ4v) is 12.6. The highest BCUT2D eigenvalue weighted by Gasteiger charge is 2.30. The van der Waals surface area contributed by atoms with E-state index in [0.29, 0.717) is 25.7 Å². The molecule has 0 heterocycles. The highest BCUT2D eigenvalue weighted by atomic mass is 31.2. The summed E-state index contributed by atoms with van der Waals surface area (Å²) in [4.78, 5) is 72.6. The highest BCUT2D eigenvalue weighted by molar-refractivity contribution is 7.47. The van der Waals surface area contributed by atoms with Crippen molar-refractivity contribution in [2.75, 3.05) is 39.6 Å². The van der Waals surface area contributed by atoms with Gasteiger partial charge in [0.2, 0.25) is 0 Å². The van der Waals surface area contributed by atoms with Gasteiger partial charge in [0.25, 0.3) is 0 Å². The van der Waals surface area contributed by atoms with Crippen molar-refractivity contribution in [2.45, 2.75) is 387 Å². The quantitative estimate of drug-likeness (QED) is 0.0169. The fraction of sp³-hybridized carbons (Fsp3) is 0.893. The third-order valence-electron chi connectivity index (χ3n) is 16.9. The highest BCUT2D eigenvalue weighted by Crippen LogP contribution is 2.45. The van der Waals surface area contributed by atoms with Gasteiger partial charge in [0.15, 0.2) is 12.2 Å². The van der Waals surface area contributed by atoms with E-state index in [2.05, 4.69) is 58.9 Å². The van der Waals surface area contributed by atoms with E-state index in [0.717, 1.165) is 128 Å². The number of hydrogen-bond donors (Lipinski definition) is 3. The van der Waals surface area contributed by atoms with E-state index in [4.69, 9.17) is 37.0 Å². The van der Waals surface area contributed by atoms with Crippen LogP contribution in [-0.2, 0) is 65.4 Å². The molecule has 0 amide bonds. The molecular formula is C75H142O17P2. The summed E-state index contributed by atoms with van der Waals surface area (Å²) in [7, 11) is -9.91. The lowest BCUT2D eigenvalue weighted by atomic mass is 10.0. The Balaban J connectivity index is 5.23. The second kappa shape index (κ2) is 67.7. The molecule has 0 aliphatic carbocycles. The molecule has 0 fully saturated rings. The predicted molar refractivity (Wildman–Crippen MR) is 381 cm³/mol. The van der Waals surface area contributed by atoms with Crippen molar-refractivity contribution < 1.29 is 80.2 Å². The third kappa shape index (κ3) is 68.1. The van der Waals surface area contributed by atoms with Gasteiger partial charge in [-0.15, -0.1) is 0 Å². The molecule has 0 saturated carbocycles. The molecule has 2 unspecified atom stereocenters. The van der Waals surface area contributed by atoms with Crippen LogP contribution in [0.5, 0.6) is 0 Å². The molecule has 19 heteroatoms. The lowest BCUT2D eigenvalue weighted by Gasteiger charge is -2.21. The van der Waals surface area contributed by atoms with E-state index in [1.165, 1.54) is 161 Å². The van der Waals surface area contributed by atoms with Crippen LogP contribution < -0.4 is 0 Å². The topological polar surface area (TPSA) is 237 Å². The molecule has 0 radical (unpaired) electrons. The van der Waals surface area contributed by atoms with E-state index >= 15 is 0 Å². The predicted octanol–water partition coefficient (Wildman–Crippen LogP) is 21.6. The number of aliphatic hydroxyl groups excluding tert-OH is 1. The van der Waals surface area contributed by atoms with Gasteiger partial charge < -0.3 is 33.8 Å². The van der Waals surface area contributed by atoms with Gasteiger partial charge in [-0.25, -0.2) is 9.13 Å². The number of carbonyl (C=O) groups is 4. The molecular weight excluding hydrogens is 1230 g/mol. The SMILES string of the molecule is CCCCCC/C=C\C=C/CCCCCCCC(=O)OC[C@H](COP(=O)(O)OC[C@@H](O)COP(=O)(O)OC[C@@H](COC(=O)CCCCCCCCC)OC(=O)CCCCCCCCCCCCCCCC)OC(=O)CCCCCCCCCCCCCCCCCC(C)C. The number of carbonyl (C=O) groups excluding carboxylic acids is 4. The Hall–Kier alpha value is -2.46. The Bertz CT molecular complexity index is 1900. The summed E-state index contributed by atoms with van der Waals surface area (Å²) in [5, 5.41) is 10.6. The van der Waals surface area contributed by atoms with Crippen LogP contribution in [0.25, 0.3) is 0 Å². The first-order valence-electron chi connectivity index (χ1n) is 38.5. The fourth-order valence-electron chi connectivity index (χ4n) is 11.0. The van der Waals surface area contributed by atoms with Crippen LogP contribution in [0.4, 0.5) is 0 Å². The minimum Gasteiger partial charge on any atom is -0.462 e. The third-order valence-corrected chi connectivity index (χ3v) is 18.8. The standard InChI is InChI=1S/C75H142O17P2/c1-6-9-12-15-18-20-22-24-27-32-35-39-44-49-54-59-73(78)86-65-71(92-75(80)61-56-51-46-41-37-33-29-26-28-30-34-38-43-47-52-57-68(4)5)67-90-94(83,84)88-63-69(76)62-87-93(81,82)89-66-70(64-85-72(77)58-53-48-42-17-14-11-8-3)91-74(79)60-55-50-45-40-36-31-25-23-21-19-16-13-10-7-2/h20,22,24,27,68-71,76H,6-19,21,23,25-26,28-67H2,1-5H3,(H,81,82)(H,83,84)/b22-20-,27-24-/t69-,70+,71+/m0/s1. The van der Waals surface area contributed by atoms with E-state index in [-0.39, 0.29) is 25.7 Å². The van der Waals surface area contributed by atoms with Crippen LogP contribution in [0.3, 0.4) is 0 Å². The number of phosphoric acid groups is 2. The van der Waals surface area contributed by atoms with E-state index in [1.807, 2.05) is 0 Å². The minimum atomic E-state index is -4.96.